The molecule has 0 saturated carbocycles. The summed E-state index contributed by atoms with van der Waals surface area (Å²) in [7, 11) is 3.22. The normalized spacial score (nSPS) is 12.5. The molecule has 0 radical (unpaired) electrons. The molecule has 0 aliphatic heterocycles. The van der Waals surface area contributed by atoms with Gasteiger partial charge in [0.1, 0.15) is 0 Å². The summed E-state index contributed by atoms with van der Waals surface area (Å²) in [5.41, 5.74) is 3.66. The summed E-state index contributed by atoms with van der Waals surface area (Å²) in [5.74, 6) is 1.35. The molecule has 3 aromatic rings. The van der Waals surface area contributed by atoms with E-state index in [0.717, 1.165) is 33.0 Å². The minimum atomic E-state index is 0.0316. The monoisotopic (exact) mass is 316 g/mol. The molecule has 0 unspecified atom stereocenters. The van der Waals surface area contributed by atoms with Crippen molar-refractivity contribution in [3.8, 4) is 22.6 Å². The van der Waals surface area contributed by atoms with E-state index in [1.807, 2.05) is 48.5 Å². The summed E-state index contributed by atoms with van der Waals surface area (Å²) < 4.78 is 10.7. The van der Waals surface area contributed by atoms with Crippen molar-refractivity contribution in [1.82, 2.24) is 0 Å². The average Bonchev–Trinajstić information content (AvgIpc) is 2.64. The first kappa shape index (κ1) is 14.5. The zero-order valence-corrected chi connectivity index (χ0v) is 13.5. The number of benzene rings is 3. The van der Waals surface area contributed by atoms with Gasteiger partial charge in [-0.1, -0.05) is 42.5 Å². The van der Waals surface area contributed by atoms with Gasteiger partial charge in [-0.05, 0) is 40.3 Å². The second-order valence-electron chi connectivity index (χ2n) is 5.70. The van der Waals surface area contributed by atoms with Crippen LogP contribution < -0.4 is 9.47 Å². The highest BCUT2D eigenvalue weighted by atomic mass is 16.5. The second kappa shape index (κ2) is 5.53. The van der Waals surface area contributed by atoms with E-state index in [0.29, 0.717) is 11.5 Å². The Morgan fingerprint density at radius 2 is 1.67 bits per heavy atom. The molecule has 1 aliphatic rings. The molecule has 0 spiro atoms. The molecule has 0 saturated heterocycles. The lowest BCUT2D eigenvalue weighted by molar-refractivity contribution is 0.104. The molecule has 1 aliphatic carbocycles. The molecular formula is C21H16O3. The highest BCUT2D eigenvalue weighted by Crippen LogP contribution is 2.38. The minimum Gasteiger partial charge on any atom is -0.493 e. The molecule has 4 rings (SSSR count). The number of carbonyl (C=O) groups is 1. The van der Waals surface area contributed by atoms with Crippen molar-refractivity contribution < 1.29 is 14.3 Å². The van der Waals surface area contributed by atoms with E-state index in [-0.39, 0.29) is 5.78 Å². The van der Waals surface area contributed by atoms with Crippen molar-refractivity contribution in [3.63, 3.8) is 0 Å². The largest absolute Gasteiger partial charge is 0.493 e. The number of ketones is 1. The number of carbonyl (C=O) groups excluding carboxylic acids is 1. The van der Waals surface area contributed by atoms with E-state index in [1.165, 1.54) is 0 Å². The predicted molar refractivity (Wildman–Crippen MR) is 95.9 cm³/mol. The number of hydrogen-bond donors (Lipinski definition) is 0. The van der Waals surface area contributed by atoms with Gasteiger partial charge < -0.3 is 9.47 Å². The smallest absolute Gasteiger partial charge is 0.187 e. The van der Waals surface area contributed by atoms with Gasteiger partial charge in [-0.2, -0.15) is 0 Å². The van der Waals surface area contributed by atoms with E-state index >= 15 is 0 Å². The first-order valence-electron chi connectivity index (χ1n) is 7.73. The summed E-state index contributed by atoms with van der Waals surface area (Å²) in [6, 6.07) is 15.9. The molecule has 118 valence electrons. The maximum Gasteiger partial charge on any atom is 0.187 e. The first-order valence-corrected chi connectivity index (χ1v) is 7.73. The van der Waals surface area contributed by atoms with Crippen molar-refractivity contribution in [2.45, 2.75) is 0 Å². The van der Waals surface area contributed by atoms with Crippen molar-refractivity contribution in [3.05, 3.63) is 65.7 Å². The zero-order valence-electron chi connectivity index (χ0n) is 13.5. The van der Waals surface area contributed by atoms with Gasteiger partial charge in [-0.25, -0.2) is 0 Å². The van der Waals surface area contributed by atoms with Crippen LogP contribution in [0.3, 0.4) is 0 Å². The molecule has 0 bridgehead atoms. The Bertz CT molecular complexity index is 999. The lowest BCUT2D eigenvalue weighted by Gasteiger charge is -2.17. The van der Waals surface area contributed by atoms with Crippen LogP contribution in [0.4, 0.5) is 0 Å². The van der Waals surface area contributed by atoms with Crippen LogP contribution in [0.2, 0.25) is 0 Å². The van der Waals surface area contributed by atoms with Gasteiger partial charge in [0.05, 0.1) is 14.2 Å². The highest BCUT2D eigenvalue weighted by Gasteiger charge is 2.20. The number of methoxy groups -OCH3 is 2. The van der Waals surface area contributed by atoms with Crippen LogP contribution >= 0.6 is 0 Å². The molecule has 0 aromatic heterocycles. The Labute approximate surface area is 140 Å². The van der Waals surface area contributed by atoms with Gasteiger partial charge in [0.15, 0.2) is 17.3 Å². The van der Waals surface area contributed by atoms with Crippen molar-refractivity contribution >= 4 is 22.6 Å². The fourth-order valence-corrected chi connectivity index (χ4v) is 3.30. The molecule has 0 fully saturated rings. The number of allylic oxidation sites excluding steroid dienone is 1. The molecule has 3 heteroatoms. The zero-order chi connectivity index (χ0) is 16.7. The summed E-state index contributed by atoms with van der Waals surface area (Å²) in [5, 5.41) is 2.08. The quantitative estimate of drug-likeness (QED) is 0.700. The lowest BCUT2D eigenvalue weighted by atomic mass is 9.86. The fraction of sp³-hybridized carbons (Fsp3) is 0.0952. The molecule has 0 atom stereocenters. The van der Waals surface area contributed by atoms with Crippen LogP contribution in [0.25, 0.3) is 28.0 Å². The standard InChI is InChI=1S/C21H16O3/c1-23-18-11-8-15(12-19(18)24-2)16-9-6-13-4-3-5-14-7-10-17(22)21(16)20(13)14/h3-12H,1-2H3. The number of ether oxygens (including phenoxy) is 2. The van der Waals surface area contributed by atoms with Gasteiger partial charge in [0.25, 0.3) is 0 Å². The highest BCUT2D eigenvalue weighted by molar-refractivity contribution is 6.23. The topological polar surface area (TPSA) is 35.5 Å². The predicted octanol–water partition coefficient (Wildman–Crippen LogP) is 4.73. The molecule has 3 nitrogen and oxygen atoms in total. The van der Waals surface area contributed by atoms with Crippen LogP contribution in [0, 0.1) is 0 Å². The Morgan fingerprint density at radius 3 is 2.46 bits per heavy atom. The third-order valence-corrected chi connectivity index (χ3v) is 4.43. The summed E-state index contributed by atoms with van der Waals surface area (Å²) in [4.78, 5) is 12.6. The maximum atomic E-state index is 12.6. The molecule has 3 aromatic carbocycles. The SMILES string of the molecule is COc1ccc(-c2ccc3cccc4c3c2C(=O)C=C4)cc1OC. The summed E-state index contributed by atoms with van der Waals surface area (Å²) >= 11 is 0. The van der Waals surface area contributed by atoms with E-state index in [4.69, 9.17) is 9.47 Å². The Balaban J connectivity index is 2.01. The number of hydrogen-bond acceptors (Lipinski definition) is 3. The van der Waals surface area contributed by atoms with Crippen molar-refractivity contribution in [1.29, 1.82) is 0 Å². The molecule has 0 heterocycles. The van der Waals surface area contributed by atoms with E-state index < -0.39 is 0 Å². The van der Waals surface area contributed by atoms with Gasteiger partial charge in [0.2, 0.25) is 0 Å². The molecular weight excluding hydrogens is 300 g/mol. The summed E-state index contributed by atoms with van der Waals surface area (Å²) in [6.07, 6.45) is 3.53. The van der Waals surface area contributed by atoms with Gasteiger partial charge in [0, 0.05) is 10.9 Å². The van der Waals surface area contributed by atoms with E-state index in [2.05, 4.69) is 6.07 Å². The van der Waals surface area contributed by atoms with Crippen LogP contribution in [0.15, 0.2) is 54.6 Å². The molecule has 0 amide bonds. The van der Waals surface area contributed by atoms with Crippen LogP contribution in [-0.2, 0) is 0 Å². The van der Waals surface area contributed by atoms with Crippen LogP contribution in [-0.4, -0.2) is 20.0 Å². The minimum absolute atomic E-state index is 0.0316. The Kier molecular flexibility index (Phi) is 3.35. The number of rotatable bonds is 3. The molecule has 0 N–H and O–H groups in total. The van der Waals surface area contributed by atoms with E-state index in [9.17, 15) is 4.79 Å². The second-order valence-corrected chi connectivity index (χ2v) is 5.70. The Morgan fingerprint density at radius 1 is 0.833 bits per heavy atom. The molecule has 24 heavy (non-hydrogen) atoms. The van der Waals surface area contributed by atoms with Gasteiger partial charge >= 0.3 is 0 Å². The lowest BCUT2D eigenvalue weighted by Crippen LogP contribution is -2.04. The van der Waals surface area contributed by atoms with E-state index in [1.54, 1.807) is 20.3 Å². The van der Waals surface area contributed by atoms with Gasteiger partial charge in [-0.15, -0.1) is 0 Å². The average molecular weight is 316 g/mol. The van der Waals surface area contributed by atoms with Crippen molar-refractivity contribution in [2.24, 2.45) is 0 Å². The van der Waals surface area contributed by atoms with Gasteiger partial charge in [-0.3, -0.25) is 4.79 Å². The maximum absolute atomic E-state index is 12.6. The Hall–Kier alpha value is -3.07. The van der Waals surface area contributed by atoms with Crippen molar-refractivity contribution in [2.75, 3.05) is 14.2 Å². The first-order chi connectivity index (χ1) is 11.7. The van der Waals surface area contributed by atoms with Crippen LogP contribution in [0.5, 0.6) is 11.5 Å². The fourth-order valence-electron chi connectivity index (χ4n) is 3.30. The van der Waals surface area contributed by atoms with Crippen LogP contribution in [0.1, 0.15) is 15.9 Å². The summed E-state index contributed by atoms with van der Waals surface area (Å²) in [6.45, 7) is 0. The third kappa shape index (κ3) is 2.09. The third-order valence-electron chi connectivity index (χ3n) is 4.43.